The lowest BCUT2D eigenvalue weighted by Gasteiger charge is -2.29. The number of imidazole rings is 1. The molecule has 0 saturated carbocycles. The molecule has 1 aliphatic rings. The molecule has 1 fully saturated rings. The first-order valence-electron chi connectivity index (χ1n) is 11.7. The van der Waals surface area contributed by atoms with Crippen LogP contribution >= 0.6 is 0 Å². The molecule has 2 heterocycles. The number of para-hydroxylation sites is 1. The summed E-state index contributed by atoms with van der Waals surface area (Å²) in [6.45, 7) is 11.5. The molecule has 1 N–H and O–H groups in total. The molecule has 4 nitrogen and oxygen atoms in total. The van der Waals surface area contributed by atoms with Crippen molar-refractivity contribution >= 4 is 17.0 Å². The molecule has 1 aromatic heterocycles. The summed E-state index contributed by atoms with van der Waals surface area (Å²) in [7, 11) is 0. The van der Waals surface area contributed by atoms with Crippen molar-refractivity contribution < 1.29 is 0 Å². The summed E-state index contributed by atoms with van der Waals surface area (Å²) in [4.78, 5) is 7.72. The molecule has 0 spiro atoms. The largest absolute Gasteiger partial charge is 0.340 e. The molecule has 32 heavy (non-hydrogen) atoms. The molecule has 3 aromatic carbocycles. The van der Waals surface area contributed by atoms with Crippen LogP contribution in [0.5, 0.6) is 0 Å². The number of hydrogen-bond donors (Lipinski definition) is 1. The minimum absolute atomic E-state index is 0.462. The number of aromatic nitrogens is 2. The van der Waals surface area contributed by atoms with Crippen LogP contribution in [0.3, 0.4) is 0 Å². The second-order valence-corrected chi connectivity index (χ2v) is 9.14. The molecule has 0 unspecified atom stereocenters. The van der Waals surface area contributed by atoms with Gasteiger partial charge in [-0.15, -0.1) is 0 Å². The molecule has 1 aliphatic heterocycles. The van der Waals surface area contributed by atoms with Gasteiger partial charge in [0.1, 0.15) is 0 Å². The molecule has 0 atom stereocenters. The van der Waals surface area contributed by atoms with Crippen LogP contribution in [0.15, 0.2) is 66.7 Å². The van der Waals surface area contributed by atoms with Crippen LogP contribution in [0.1, 0.15) is 36.5 Å². The third-order valence-electron chi connectivity index (χ3n) is 6.49. The predicted octanol–water partition coefficient (Wildman–Crippen LogP) is 5.59. The van der Waals surface area contributed by atoms with Crippen LogP contribution in [0.4, 0.5) is 5.95 Å². The van der Waals surface area contributed by atoms with Gasteiger partial charge in [0.2, 0.25) is 5.95 Å². The minimum Gasteiger partial charge on any atom is -0.340 e. The lowest BCUT2D eigenvalue weighted by atomic mass is 9.92. The number of nitrogens with one attached hydrogen (secondary N) is 1. The minimum atomic E-state index is 0.462. The molecule has 0 radical (unpaired) electrons. The van der Waals surface area contributed by atoms with E-state index in [1.807, 2.05) is 0 Å². The molecular formula is C28H32N4. The summed E-state index contributed by atoms with van der Waals surface area (Å²) in [5.41, 5.74) is 8.79. The van der Waals surface area contributed by atoms with E-state index in [9.17, 15) is 0 Å². The van der Waals surface area contributed by atoms with E-state index in [-0.39, 0.29) is 0 Å². The molecule has 1 saturated heterocycles. The third-order valence-corrected chi connectivity index (χ3v) is 6.49. The maximum atomic E-state index is 5.29. The Hall–Kier alpha value is -3.11. The first-order valence-corrected chi connectivity index (χ1v) is 11.7. The summed E-state index contributed by atoms with van der Waals surface area (Å²) in [6.07, 6.45) is 0. The van der Waals surface area contributed by atoms with Crippen molar-refractivity contribution in [2.45, 2.75) is 33.2 Å². The predicted molar refractivity (Wildman–Crippen MR) is 135 cm³/mol. The first kappa shape index (κ1) is 20.8. The van der Waals surface area contributed by atoms with Crippen LogP contribution in [-0.2, 0) is 6.54 Å². The van der Waals surface area contributed by atoms with E-state index in [4.69, 9.17) is 4.98 Å². The van der Waals surface area contributed by atoms with Crippen LogP contribution in [-0.4, -0.2) is 35.7 Å². The van der Waals surface area contributed by atoms with Gasteiger partial charge in [-0.1, -0.05) is 80.1 Å². The number of piperazine rings is 1. The fraction of sp³-hybridized carbons (Fsp3) is 0.321. The van der Waals surface area contributed by atoms with E-state index in [0.29, 0.717) is 5.92 Å². The molecule has 5 rings (SSSR count). The van der Waals surface area contributed by atoms with Gasteiger partial charge in [0.25, 0.3) is 0 Å². The van der Waals surface area contributed by atoms with Crippen molar-refractivity contribution in [2.24, 2.45) is 0 Å². The van der Waals surface area contributed by atoms with Gasteiger partial charge in [-0.25, -0.2) is 4.98 Å². The van der Waals surface area contributed by atoms with Crippen molar-refractivity contribution in [3.8, 4) is 11.1 Å². The zero-order valence-corrected chi connectivity index (χ0v) is 19.3. The number of hydrogen-bond acceptors (Lipinski definition) is 3. The maximum absolute atomic E-state index is 5.29. The number of anilines is 1. The lowest BCUT2D eigenvalue weighted by Crippen LogP contribution is -2.44. The van der Waals surface area contributed by atoms with Crippen molar-refractivity contribution in [3.63, 3.8) is 0 Å². The maximum Gasteiger partial charge on any atom is 0.206 e. The highest BCUT2D eigenvalue weighted by atomic mass is 15.3. The van der Waals surface area contributed by atoms with Gasteiger partial charge < -0.3 is 14.8 Å². The summed E-state index contributed by atoms with van der Waals surface area (Å²) < 4.78 is 2.41. The summed E-state index contributed by atoms with van der Waals surface area (Å²) in [5.74, 6) is 1.54. The van der Waals surface area contributed by atoms with Gasteiger partial charge in [-0.2, -0.15) is 0 Å². The van der Waals surface area contributed by atoms with Crippen LogP contribution in [0, 0.1) is 6.92 Å². The second-order valence-electron chi connectivity index (χ2n) is 9.14. The average molecular weight is 425 g/mol. The SMILES string of the molecule is Cc1ccc(Cn2c(N3CCNCC3)nc3c(-c4ccccc4C(C)C)cccc32)cc1. The smallest absolute Gasteiger partial charge is 0.206 e. The zero-order chi connectivity index (χ0) is 22.1. The van der Waals surface area contributed by atoms with Gasteiger partial charge in [0.15, 0.2) is 0 Å². The van der Waals surface area contributed by atoms with Crippen LogP contribution in [0.25, 0.3) is 22.2 Å². The van der Waals surface area contributed by atoms with Crippen molar-refractivity contribution in [3.05, 3.63) is 83.4 Å². The van der Waals surface area contributed by atoms with Crippen molar-refractivity contribution in [2.75, 3.05) is 31.1 Å². The fourth-order valence-electron chi connectivity index (χ4n) is 4.74. The van der Waals surface area contributed by atoms with Gasteiger partial charge in [0.05, 0.1) is 17.6 Å². The van der Waals surface area contributed by atoms with Gasteiger partial charge in [-0.05, 0) is 35.6 Å². The highest BCUT2D eigenvalue weighted by Crippen LogP contribution is 2.36. The average Bonchev–Trinajstić information content (AvgIpc) is 3.19. The van der Waals surface area contributed by atoms with E-state index in [1.165, 1.54) is 33.3 Å². The molecular weight excluding hydrogens is 392 g/mol. The Kier molecular flexibility index (Phi) is 5.71. The first-order chi connectivity index (χ1) is 15.6. The standard InChI is InChI=1S/C28H32N4/c1-20(2)23-7-4-5-8-24(23)25-9-6-10-26-27(25)30-28(31-17-15-29-16-18-31)32(26)19-22-13-11-21(3)12-14-22/h4-14,20,29H,15-19H2,1-3H3. The Morgan fingerprint density at radius 1 is 0.875 bits per heavy atom. The van der Waals surface area contributed by atoms with Gasteiger partial charge >= 0.3 is 0 Å². The Morgan fingerprint density at radius 2 is 1.59 bits per heavy atom. The highest BCUT2D eigenvalue weighted by molar-refractivity contribution is 5.94. The van der Waals surface area contributed by atoms with E-state index >= 15 is 0 Å². The number of rotatable bonds is 5. The number of aryl methyl sites for hydroxylation is 1. The summed E-state index contributed by atoms with van der Waals surface area (Å²) in [6, 6.07) is 24.3. The number of fused-ring (bicyclic) bond motifs is 1. The number of benzene rings is 3. The fourth-order valence-corrected chi connectivity index (χ4v) is 4.74. The van der Waals surface area contributed by atoms with Crippen molar-refractivity contribution in [1.29, 1.82) is 0 Å². The highest BCUT2D eigenvalue weighted by Gasteiger charge is 2.22. The normalized spacial score (nSPS) is 14.4. The quantitative estimate of drug-likeness (QED) is 0.453. The monoisotopic (exact) mass is 424 g/mol. The van der Waals surface area contributed by atoms with E-state index in [0.717, 1.165) is 44.2 Å². The number of nitrogens with zero attached hydrogens (tertiary/aromatic N) is 3. The Balaban J connectivity index is 1.69. The molecule has 0 amide bonds. The third kappa shape index (κ3) is 3.91. The van der Waals surface area contributed by atoms with E-state index in [2.05, 4.69) is 102 Å². The molecule has 0 bridgehead atoms. The van der Waals surface area contributed by atoms with Crippen LogP contribution in [0.2, 0.25) is 0 Å². The van der Waals surface area contributed by atoms with Gasteiger partial charge in [0, 0.05) is 31.7 Å². The van der Waals surface area contributed by atoms with E-state index < -0.39 is 0 Å². The second kappa shape index (κ2) is 8.79. The molecule has 4 heteroatoms. The Morgan fingerprint density at radius 3 is 2.34 bits per heavy atom. The Labute approximate surface area is 190 Å². The van der Waals surface area contributed by atoms with Gasteiger partial charge in [-0.3, -0.25) is 0 Å². The molecule has 164 valence electrons. The topological polar surface area (TPSA) is 33.1 Å². The lowest BCUT2D eigenvalue weighted by molar-refractivity contribution is 0.571. The summed E-state index contributed by atoms with van der Waals surface area (Å²) in [5, 5.41) is 3.47. The van der Waals surface area contributed by atoms with Crippen LogP contribution < -0.4 is 10.2 Å². The molecule has 4 aromatic rings. The summed E-state index contributed by atoms with van der Waals surface area (Å²) >= 11 is 0. The zero-order valence-electron chi connectivity index (χ0n) is 19.3. The molecule has 0 aliphatic carbocycles. The van der Waals surface area contributed by atoms with E-state index in [1.54, 1.807) is 0 Å². The Bertz CT molecular complexity index is 1210. The van der Waals surface area contributed by atoms with Crippen molar-refractivity contribution in [1.82, 2.24) is 14.9 Å².